The first-order chi connectivity index (χ1) is 10.1. The molecule has 0 spiro atoms. The molecule has 112 valence electrons. The van der Waals surface area contributed by atoms with E-state index in [1.807, 2.05) is 12.1 Å². The highest BCUT2D eigenvalue weighted by Crippen LogP contribution is 2.14. The lowest BCUT2D eigenvalue weighted by Gasteiger charge is -2.09. The summed E-state index contributed by atoms with van der Waals surface area (Å²) in [6.45, 7) is 5.78. The molecule has 2 rings (SSSR count). The number of hydrogen-bond donors (Lipinski definition) is 1. The van der Waals surface area contributed by atoms with Gasteiger partial charge in [-0.2, -0.15) is 0 Å². The van der Waals surface area contributed by atoms with Crippen molar-refractivity contribution in [2.75, 3.05) is 7.11 Å². The number of ether oxygens (including phenoxy) is 1. The Hall–Kier alpha value is -1.71. The Morgan fingerprint density at radius 2 is 1.43 bits per heavy atom. The molecule has 0 saturated carbocycles. The summed E-state index contributed by atoms with van der Waals surface area (Å²) < 4.78 is 18.7. The Morgan fingerprint density at radius 3 is 2.00 bits per heavy atom. The topological polar surface area (TPSA) is 21.3 Å². The van der Waals surface area contributed by atoms with Gasteiger partial charge in [0.25, 0.3) is 0 Å². The molecule has 0 unspecified atom stereocenters. The van der Waals surface area contributed by atoms with Crippen LogP contribution in [0.5, 0.6) is 0 Å². The van der Waals surface area contributed by atoms with Gasteiger partial charge >= 0.3 is 0 Å². The fourth-order valence-corrected chi connectivity index (χ4v) is 2.41. The third-order valence-electron chi connectivity index (χ3n) is 3.49. The number of nitrogens with one attached hydrogen (secondary N) is 1. The van der Waals surface area contributed by atoms with Crippen molar-refractivity contribution in [3.05, 3.63) is 70.0 Å². The molecule has 0 bridgehead atoms. The molecule has 0 radical (unpaired) electrons. The molecule has 2 aromatic rings. The maximum atomic E-state index is 13.6. The summed E-state index contributed by atoms with van der Waals surface area (Å²) in [5.41, 5.74) is 4.92. The van der Waals surface area contributed by atoms with Gasteiger partial charge in [-0.1, -0.05) is 36.4 Å². The number of rotatable bonds is 6. The quantitative estimate of drug-likeness (QED) is 0.870. The first-order valence-electron chi connectivity index (χ1n) is 7.13. The minimum absolute atomic E-state index is 0.104. The molecule has 0 saturated heterocycles. The Labute approximate surface area is 126 Å². The third kappa shape index (κ3) is 4.38. The molecule has 0 atom stereocenters. The van der Waals surface area contributed by atoms with E-state index in [-0.39, 0.29) is 5.82 Å². The molecule has 0 amide bonds. The van der Waals surface area contributed by atoms with Crippen LogP contribution in [0.2, 0.25) is 0 Å². The SMILES string of the molecule is COCc1ccc(CNCc2cc(C)c(F)c(C)c2)cc1. The van der Waals surface area contributed by atoms with Gasteiger partial charge in [-0.3, -0.25) is 0 Å². The second-order valence-electron chi connectivity index (χ2n) is 5.40. The van der Waals surface area contributed by atoms with Crippen molar-refractivity contribution in [1.82, 2.24) is 5.32 Å². The van der Waals surface area contributed by atoms with Crippen LogP contribution in [0.1, 0.15) is 27.8 Å². The molecular formula is C18H22FNO. The Kier molecular flexibility index (Phi) is 5.48. The summed E-state index contributed by atoms with van der Waals surface area (Å²) in [7, 11) is 1.70. The molecule has 0 aromatic heterocycles. The molecule has 21 heavy (non-hydrogen) atoms. The van der Waals surface area contributed by atoms with E-state index in [0.717, 1.165) is 18.7 Å². The minimum atomic E-state index is -0.104. The number of hydrogen-bond acceptors (Lipinski definition) is 2. The summed E-state index contributed by atoms with van der Waals surface area (Å²) in [4.78, 5) is 0. The van der Waals surface area contributed by atoms with Gasteiger partial charge in [0, 0.05) is 20.2 Å². The zero-order chi connectivity index (χ0) is 15.2. The van der Waals surface area contributed by atoms with Crippen LogP contribution in [0.4, 0.5) is 4.39 Å². The predicted octanol–water partition coefficient (Wildman–Crippen LogP) is 3.88. The van der Waals surface area contributed by atoms with E-state index in [4.69, 9.17) is 4.74 Å². The van der Waals surface area contributed by atoms with Crippen molar-refractivity contribution in [2.24, 2.45) is 0 Å². The molecule has 2 nitrogen and oxygen atoms in total. The molecule has 1 N–H and O–H groups in total. The van der Waals surface area contributed by atoms with E-state index >= 15 is 0 Å². The van der Waals surface area contributed by atoms with E-state index in [0.29, 0.717) is 17.7 Å². The number of halogens is 1. The monoisotopic (exact) mass is 287 g/mol. The first kappa shape index (κ1) is 15.7. The Bertz CT molecular complexity index is 570. The summed E-state index contributed by atoms with van der Waals surface area (Å²) in [5.74, 6) is -0.104. The Balaban J connectivity index is 1.89. The largest absolute Gasteiger partial charge is 0.380 e. The van der Waals surface area contributed by atoms with Crippen molar-refractivity contribution in [1.29, 1.82) is 0 Å². The van der Waals surface area contributed by atoms with E-state index in [1.54, 1.807) is 21.0 Å². The van der Waals surface area contributed by atoms with Gasteiger partial charge in [-0.05, 0) is 41.7 Å². The smallest absolute Gasteiger partial charge is 0.129 e. The molecule has 2 aromatic carbocycles. The van der Waals surface area contributed by atoms with Gasteiger partial charge in [0.05, 0.1) is 6.61 Å². The molecule has 0 aliphatic heterocycles. The fourth-order valence-electron chi connectivity index (χ4n) is 2.41. The van der Waals surface area contributed by atoms with Crippen LogP contribution < -0.4 is 5.32 Å². The molecule has 0 aliphatic carbocycles. The molecular weight excluding hydrogens is 265 g/mol. The third-order valence-corrected chi connectivity index (χ3v) is 3.49. The van der Waals surface area contributed by atoms with Crippen LogP contribution in [0.15, 0.2) is 36.4 Å². The Morgan fingerprint density at radius 1 is 0.905 bits per heavy atom. The first-order valence-corrected chi connectivity index (χ1v) is 7.13. The van der Waals surface area contributed by atoms with E-state index in [2.05, 4.69) is 29.6 Å². The molecule has 0 fully saturated rings. The van der Waals surface area contributed by atoms with Crippen LogP contribution >= 0.6 is 0 Å². The average Bonchev–Trinajstić information content (AvgIpc) is 2.47. The van der Waals surface area contributed by atoms with Gasteiger partial charge in [0.2, 0.25) is 0 Å². The molecule has 3 heteroatoms. The molecule has 0 aliphatic rings. The summed E-state index contributed by atoms with van der Waals surface area (Å²) >= 11 is 0. The van der Waals surface area contributed by atoms with Crippen LogP contribution in [0.3, 0.4) is 0 Å². The van der Waals surface area contributed by atoms with Crippen molar-refractivity contribution >= 4 is 0 Å². The standard InChI is InChI=1S/C18H22FNO/c1-13-8-17(9-14(2)18(13)19)11-20-10-15-4-6-16(7-5-15)12-21-3/h4-9,20H,10-12H2,1-3H3. The second kappa shape index (κ2) is 7.34. The van der Waals surface area contributed by atoms with Crippen LogP contribution in [0.25, 0.3) is 0 Å². The number of aryl methyl sites for hydroxylation is 2. The van der Waals surface area contributed by atoms with Crippen molar-refractivity contribution in [2.45, 2.75) is 33.5 Å². The summed E-state index contributed by atoms with van der Waals surface area (Å²) in [6, 6.07) is 12.2. The predicted molar refractivity (Wildman–Crippen MR) is 83.6 cm³/mol. The highest BCUT2D eigenvalue weighted by molar-refractivity contribution is 5.30. The number of benzene rings is 2. The maximum Gasteiger partial charge on any atom is 0.129 e. The average molecular weight is 287 g/mol. The second-order valence-corrected chi connectivity index (χ2v) is 5.40. The maximum absolute atomic E-state index is 13.6. The van der Waals surface area contributed by atoms with E-state index < -0.39 is 0 Å². The summed E-state index contributed by atoms with van der Waals surface area (Å²) in [6.07, 6.45) is 0. The molecule has 0 heterocycles. The minimum Gasteiger partial charge on any atom is -0.380 e. The lowest BCUT2D eigenvalue weighted by atomic mass is 10.1. The number of methoxy groups -OCH3 is 1. The van der Waals surface area contributed by atoms with E-state index in [1.165, 1.54) is 11.1 Å². The lowest BCUT2D eigenvalue weighted by Crippen LogP contribution is -2.13. The van der Waals surface area contributed by atoms with Gasteiger partial charge in [0.15, 0.2) is 0 Å². The van der Waals surface area contributed by atoms with Crippen LogP contribution in [-0.2, 0) is 24.4 Å². The van der Waals surface area contributed by atoms with Gasteiger partial charge in [0.1, 0.15) is 5.82 Å². The van der Waals surface area contributed by atoms with Crippen molar-refractivity contribution in [3.63, 3.8) is 0 Å². The highest BCUT2D eigenvalue weighted by Gasteiger charge is 2.04. The van der Waals surface area contributed by atoms with Gasteiger partial charge in [-0.25, -0.2) is 4.39 Å². The van der Waals surface area contributed by atoms with Crippen molar-refractivity contribution in [3.8, 4) is 0 Å². The normalized spacial score (nSPS) is 10.9. The fraction of sp³-hybridized carbons (Fsp3) is 0.333. The van der Waals surface area contributed by atoms with Crippen LogP contribution in [0, 0.1) is 19.7 Å². The lowest BCUT2D eigenvalue weighted by molar-refractivity contribution is 0.185. The van der Waals surface area contributed by atoms with Gasteiger partial charge < -0.3 is 10.1 Å². The zero-order valence-corrected chi connectivity index (χ0v) is 12.9. The van der Waals surface area contributed by atoms with E-state index in [9.17, 15) is 4.39 Å². The zero-order valence-electron chi connectivity index (χ0n) is 12.9. The van der Waals surface area contributed by atoms with Crippen molar-refractivity contribution < 1.29 is 9.13 Å². The van der Waals surface area contributed by atoms with Gasteiger partial charge in [-0.15, -0.1) is 0 Å². The summed E-state index contributed by atoms with van der Waals surface area (Å²) in [5, 5.41) is 3.39. The highest BCUT2D eigenvalue weighted by atomic mass is 19.1. The van der Waals surface area contributed by atoms with Crippen LogP contribution in [-0.4, -0.2) is 7.11 Å².